The number of thioether (sulfide) groups is 1. The molecular formula is C32H42N4O3S. The Bertz CT molecular complexity index is 1260. The molecule has 2 fully saturated rings. The number of aryl methyl sites for hydroxylation is 2. The van der Waals surface area contributed by atoms with Gasteiger partial charge in [0.25, 0.3) is 0 Å². The minimum Gasteiger partial charge on any atom is -0.342 e. The highest BCUT2D eigenvalue weighted by atomic mass is 32.2. The molecular weight excluding hydrogens is 520 g/mol. The predicted octanol–water partition coefficient (Wildman–Crippen LogP) is 5.76. The number of likely N-dealkylation sites (tertiary alicyclic amines) is 1. The van der Waals surface area contributed by atoms with E-state index in [1.165, 1.54) is 16.7 Å². The molecule has 0 aromatic heterocycles. The van der Waals surface area contributed by atoms with Crippen molar-refractivity contribution in [3.63, 3.8) is 0 Å². The molecule has 0 aliphatic carbocycles. The number of para-hydroxylation sites is 1. The maximum absolute atomic E-state index is 13.6. The first-order chi connectivity index (χ1) is 19.2. The van der Waals surface area contributed by atoms with Gasteiger partial charge in [-0.15, -0.1) is 11.8 Å². The van der Waals surface area contributed by atoms with E-state index in [0.717, 1.165) is 36.9 Å². The highest BCUT2D eigenvalue weighted by Crippen LogP contribution is 2.45. The van der Waals surface area contributed by atoms with E-state index in [1.807, 2.05) is 32.9 Å². The second kappa shape index (κ2) is 12.2. The van der Waals surface area contributed by atoms with E-state index in [9.17, 15) is 14.4 Å². The molecule has 2 aromatic carbocycles. The van der Waals surface area contributed by atoms with E-state index in [1.54, 1.807) is 11.8 Å². The fraction of sp³-hybridized carbons (Fsp3) is 0.531. The molecule has 3 aliphatic rings. The molecule has 2 unspecified atom stereocenters. The van der Waals surface area contributed by atoms with Crippen LogP contribution in [0, 0.1) is 19.8 Å². The summed E-state index contributed by atoms with van der Waals surface area (Å²) in [5, 5.41) is 2.65. The molecule has 5 rings (SSSR count). The van der Waals surface area contributed by atoms with Gasteiger partial charge in [0, 0.05) is 44.3 Å². The van der Waals surface area contributed by atoms with Gasteiger partial charge in [-0.3, -0.25) is 9.59 Å². The van der Waals surface area contributed by atoms with Crippen molar-refractivity contribution in [2.75, 3.05) is 31.5 Å². The first-order valence-electron chi connectivity index (χ1n) is 14.7. The van der Waals surface area contributed by atoms with E-state index < -0.39 is 0 Å². The summed E-state index contributed by atoms with van der Waals surface area (Å²) in [5.41, 5.74) is 5.62. The molecule has 1 N–H and O–H groups in total. The first-order valence-corrected chi connectivity index (χ1v) is 15.6. The minimum absolute atomic E-state index is 0.0436. The molecule has 0 bridgehead atoms. The maximum atomic E-state index is 13.6. The van der Waals surface area contributed by atoms with Crippen molar-refractivity contribution in [3.05, 3.63) is 64.7 Å². The number of hydrogen-bond donors (Lipinski definition) is 1. The summed E-state index contributed by atoms with van der Waals surface area (Å²) in [6, 6.07) is 14.5. The number of rotatable bonds is 7. The number of carbonyl (C=O) groups is 3. The Hall–Kier alpha value is -3.00. The summed E-state index contributed by atoms with van der Waals surface area (Å²) in [7, 11) is 0. The monoisotopic (exact) mass is 562 g/mol. The summed E-state index contributed by atoms with van der Waals surface area (Å²) in [6.45, 7) is 11.2. The smallest absolute Gasteiger partial charge is 0.322 e. The van der Waals surface area contributed by atoms with Crippen molar-refractivity contribution >= 4 is 35.3 Å². The van der Waals surface area contributed by atoms with Crippen molar-refractivity contribution in [3.8, 4) is 0 Å². The Kier molecular flexibility index (Phi) is 8.74. The lowest BCUT2D eigenvalue weighted by atomic mass is 10.0. The number of carbonyl (C=O) groups excluding carboxylic acids is 3. The van der Waals surface area contributed by atoms with Crippen LogP contribution in [0.25, 0.3) is 0 Å². The third-order valence-corrected chi connectivity index (χ3v) is 10.00. The highest BCUT2D eigenvalue weighted by molar-refractivity contribution is 8.01. The van der Waals surface area contributed by atoms with E-state index >= 15 is 0 Å². The lowest BCUT2D eigenvalue weighted by Crippen LogP contribution is -2.50. The Morgan fingerprint density at radius 2 is 1.80 bits per heavy atom. The van der Waals surface area contributed by atoms with Gasteiger partial charge in [-0.1, -0.05) is 55.8 Å². The molecule has 2 saturated heterocycles. The van der Waals surface area contributed by atoms with Crippen LogP contribution in [-0.4, -0.2) is 70.0 Å². The van der Waals surface area contributed by atoms with Gasteiger partial charge in [0.2, 0.25) is 11.8 Å². The molecule has 8 heteroatoms. The average molecular weight is 563 g/mol. The molecule has 3 heterocycles. The van der Waals surface area contributed by atoms with Crippen LogP contribution < -0.4 is 5.32 Å². The molecule has 214 valence electrons. The lowest BCUT2D eigenvalue weighted by Gasteiger charge is -2.38. The van der Waals surface area contributed by atoms with E-state index in [2.05, 4.69) is 57.3 Å². The van der Waals surface area contributed by atoms with Crippen LogP contribution in [0.15, 0.2) is 42.5 Å². The van der Waals surface area contributed by atoms with E-state index in [0.29, 0.717) is 32.1 Å². The van der Waals surface area contributed by atoms with Crippen molar-refractivity contribution in [1.29, 1.82) is 0 Å². The van der Waals surface area contributed by atoms with Crippen LogP contribution in [0.4, 0.5) is 10.5 Å². The number of hydrogen-bond acceptors (Lipinski definition) is 4. The van der Waals surface area contributed by atoms with Gasteiger partial charge >= 0.3 is 6.03 Å². The average Bonchev–Trinajstić information content (AvgIpc) is 3.11. The number of anilines is 1. The summed E-state index contributed by atoms with van der Waals surface area (Å²) in [4.78, 5) is 45.8. The van der Waals surface area contributed by atoms with Gasteiger partial charge in [0.15, 0.2) is 0 Å². The third-order valence-electron chi connectivity index (χ3n) is 8.53. The van der Waals surface area contributed by atoms with Crippen molar-refractivity contribution in [1.82, 2.24) is 14.7 Å². The van der Waals surface area contributed by atoms with Crippen LogP contribution in [0.2, 0.25) is 0 Å². The number of nitrogens with one attached hydrogen (secondary N) is 1. The van der Waals surface area contributed by atoms with Gasteiger partial charge in [-0.2, -0.15) is 0 Å². The number of piperidine rings is 1. The molecule has 4 amide bonds. The standard InChI is InChI=1S/C32H42N4O3S/c1-21(2)11-17-36-30(38)28(40-31(36)26-10-9-22(3)19-23(26)4)20-29(37)34-15-13-25(14-16-34)35-18-12-24-7-5-6-8-27(24)33-32(35)39/h5-10,19,21,25,28,31H,11-18,20H2,1-4H3,(H,33,39). The predicted molar refractivity (Wildman–Crippen MR) is 161 cm³/mol. The normalized spacial score (nSPS) is 22.0. The first kappa shape index (κ1) is 28.5. The van der Waals surface area contributed by atoms with Crippen LogP contribution in [-0.2, 0) is 16.0 Å². The summed E-state index contributed by atoms with van der Waals surface area (Å²) < 4.78 is 0. The quantitative estimate of drug-likeness (QED) is 0.466. The number of urea groups is 1. The summed E-state index contributed by atoms with van der Waals surface area (Å²) in [5.74, 6) is 0.627. The summed E-state index contributed by atoms with van der Waals surface area (Å²) in [6.07, 6.45) is 3.51. The zero-order valence-corrected chi connectivity index (χ0v) is 25.0. The molecule has 7 nitrogen and oxygen atoms in total. The van der Waals surface area contributed by atoms with Gasteiger partial charge < -0.3 is 20.0 Å². The maximum Gasteiger partial charge on any atom is 0.322 e. The Labute approximate surface area is 242 Å². The van der Waals surface area contributed by atoms with Crippen molar-refractivity contribution in [2.45, 2.75) is 76.5 Å². The molecule has 3 aliphatic heterocycles. The lowest BCUT2D eigenvalue weighted by molar-refractivity contribution is -0.136. The van der Waals surface area contributed by atoms with Crippen LogP contribution in [0.5, 0.6) is 0 Å². The molecule has 40 heavy (non-hydrogen) atoms. The SMILES string of the molecule is Cc1ccc(C2SC(CC(=O)N3CCC(N4CCc5ccccc5NC4=O)CC3)C(=O)N2CCC(C)C)c(C)c1. The van der Waals surface area contributed by atoms with Gasteiger partial charge in [-0.25, -0.2) is 4.79 Å². The van der Waals surface area contributed by atoms with Gasteiger partial charge in [0.1, 0.15) is 5.37 Å². The Morgan fingerprint density at radius 1 is 1.05 bits per heavy atom. The second-order valence-corrected chi connectivity index (χ2v) is 13.2. The summed E-state index contributed by atoms with van der Waals surface area (Å²) >= 11 is 1.63. The zero-order valence-electron chi connectivity index (χ0n) is 24.2. The number of nitrogens with zero attached hydrogens (tertiary/aromatic N) is 3. The fourth-order valence-corrected chi connectivity index (χ4v) is 7.71. The van der Waals surface area contributed by atoms with Gasteiger partial charge in [-0.05, 0) is 68.2 Å². The molecule has 2 atom stereocenters. The number of fused-ring (bicyclic) bond motifs is 1. The highest BCUT2D eigenvalue weighted by Gasteiger charge is 2.43. The minimum atomic E-state index is -0.363. The molecule has 0 radical (unpaired) electrons. The number of amides is 4. The van der Waals surface area contributed by atoms with Crippen molar-refractivity contribution in [2.24, 2.45) is 5.92 Å². The zero-order chi connectivity index (χ0) is 28.4. The number of benzene rings is 2. The largest absolute Gasteiger partial charge is 0.342 e. The van der Waals surface area contributed by atoms with E-state index in [-0.39, 0.29) is 40.9 Å². The van der Waals surface area contributed by atoms with Crippen molar-refractivity contribution < 1.29 is 14.4 Å². The Balaban J connectivity index is 1.20. The van der Waals surface area contributed by atoms with E-state index in [4.69, 9.17) is 0 Å². The Morgan fingerprint density at radius 3 is 2.52 bits per heavy atom. The van der Waals surface area contributed by atoms with Crippen LogP contribution in [0.1, 0.15) is 67.2 Å². The molecule has 0 spiro atoms. The van der Waals surface area contributed by atoms with Crippen LogP contribution in [0.3, 0.4) is 0 Å². The topological polar surface area (TPSA) is 73.0 Å². The van der Waals surface area contributed by atoms with Gasteiger partial charge in [0.05, 0.1) is 5.25 Å². The third kappa shape index (κ3) is 6.17. The second-order valence-electron chi connectivity index (χ2n) is 11.9. The molecule has 0 saturated carbocycles. The fourth-order valence-electron chi connectivity index (χ4n) is 6.14. The molecule has 2 aromatic rings. The van der Waals surface area contributed by atoms with Crippen LogP contribution >= 0.6 is 11.8 Å².